The molecule has 3 aromatic carbocycles. The Labute approximate surface area is 222 Å². The predicted molar refractivity (Wildman–Crippen MR) is 145 cm³/mol. The minimum absolute atomic E-state index is 0.0301. The van der Waals surface area contributed by atoms with Crippen LogP contribution < -0.4 is 5.32 Å². The summed E-state index contributed by atoms with van der Waals surface area (Å²) in [5.41, 5.74) is 1.12. The molecule has 2 heterocycles. The third-order valence-corrected chi connectivity index (χ3v) is 7.24. The number of rotatable bonds is 8. The van der Waals surface area contributed by atoms with E-state index in [4.69, 9.17) is 21.3 Å². The Morgan fingerprint density at radius 3 is 2.46 bits per heavy atom. The van der Waals surface area contributed by atoms with Gasteiger partial charge in [-0.05, 0) is 23.3 Å². The fourth-order valence-corrected chi connectivity index (χ4v) is 5.31. The van der Waals surface area contributed by atoms with E-state index in [1.165, 1.54) is 6.07 Å². The zero-order valence-corrected chi connectivity index (χ0v) is 21.3. The van der Waals surface area contributed by atoms with Gasteiger partial charge in [-0.25, -0.2) is 0 Å². The van der Waals surface area contributed by atoms with E-state index < -0.39 is 11.6 Å². The first-order valence-electron chi connectivity index (χ1n) is 12.6. The number of hydrogen-bond acceptors (Lipinski definition) is 6. The maximum Gasteiger partial charge on any atom is 0.255 e. The highest BCUT2D eigenvalue weighted by Gasteiger charge is 2.54. The summed E-state index contributed by atoms with van der Waals surface area (Å²) in [6.45, 7) is 4.85. The molecule has 192 valence electrons. The number of halogens is 1. The number of amides is 1. The van der Waals surface area contributed by atoms with Crippen molar-refractivity contribution in [1.29, 1.82) is 0 Å². The van der Waals surface area contributed by atoms with Gasteiger partial charge < -0.3 is 20.1 Å². The van der Waals surface area contributed by atoms with Crippen molar-refractivity contribution in [2.75, 3.05) is 39.4 Å². The molecule has 5 rings (SSSR count). The summed E-state index contributed by atoms with van der Waals surface area (Å²) in [6.07, 6.45) is 1.74. The summed E-state index contributed by atoms with van der Waals surface area (Å²) in [5, 5.41) is 14.6. The lowest BCUT2D eigenvalue weighted by molar-refractivity contribution is -0.128. The molecular formula is C29H31ClN4O3. The molecule has 0 unspecified atom stereocenters. The lowest BCUT2D eigenvalue weighted by Gasteiger charge is -2.37. The second-order valence-corrected chi connectivity index (χ2v) is 9.79. The molecule has 0 spiro atoms. The van der Waals surface area contributed by atoms with E-state index in [9.17, 15) is 9.90 Å². The monoisotopic (exact) mass is 518 g/mol. The molecule has 3 aromatic rings. The molecule has 1 saturated heterocycles. The van der Waals surface area contributed by atoms with Crippen LogP contribution in [0.1, 0.15) is 22.7 Å². The molecule has 0 radical (unpaired) electrons. The van der Waals surface area contributed by atoms with Gasteiger partial charge in [0.1, 0.15) is 5.75 Å². The molecule has 2 atom stereocenters. The number of morpholine rings is 1. The lowest BCUT2D eigenvalue weighted by Crippen LogP contribution is -2.50. The second kappa shape index (κ2) is 11.3. The van der Waals surface area contributed by atoms with Gasteiger partial charge in [0.2, 0.25) is 0 Å². The Bertz CT molecular complexity index is 1230. The average molecular weight is 519 g/mol. The van der Waals surface area contributed by atoms with E-state index in [1.54, 1.807) is 18.5 Å². The summed E-state index contributed by atoms with van der Waals surface area (Å²) in [5.74, 6) is -0.180. The normalized spacial score (nSPS) is 21.8. The van der Waals surface area contributed by atoms with Crippen molar-refractivity contribution >= 4 is 23.8 Å². The molecule has 0 aromatic heterocycles. The number of carbonyl (C=O) groups excluding carboxylic acids is 1. The fraction of sp³-hybridized carbons (Fsp3) is 0.310. The molecule has 2 aliphatic heterocycles. The standard InChI is InChI=1S/C29H31ClN4O3/c30-24-11-12-25(26(35)19-24)27-29(23-9-5-2-6-10-23,28(36)31-13-14-33-15-17-37-18-16-33)32-21-34(27)20-22-7-3-1-4-8-22/h1-12,19,21,27,35H,13-18,20H2,(H,31,36)/t27-,29+/m0/s1. The third-order valence-electron chi connectivity index (χ3n) is 7.01. The van der Waals surface area contributed by atoms with E-state index in [2.05, 4.69) is 10.2 Å². The minimum Gasteiger partial charge on any atom is -0.508 e. The number of nitrogens with zero attached hydrogens (tertiary/aromatic N) is 3. The van der Waals surface area contributed by atoms with E-state index >= 15 is 0 Å². The maximum atomic E-state index is 14.2. The van der Waals surface area contributed by atoms with Crippen LogP contribution in [0.2, 0.25) is 5.02 Å². The molecule has 0 bridgehead atoms. The quantitative estimate of drug-likeness (QED) is 0.472. The van der Waals surface area contributed by atoms with Crippen LogP contribution in [0.25, 0.3) is 0 Å². The molecule has 2 aliphatic rings. The predicted octanol–water partition coefficient (Wildman–Crippen LogP) is 3.97. The summed E-state index contributed by atoms with van der Waals surface area (Å²) in [7, 11) is 0. The largest absolute Gasteiger partial charge is 0.508 e. The van der Waals surface area contributed by atoms with Gasteiger partial charge in [0, 0.05) is 43.3 Å². The van der Waals surface area contributed by atoms with Gasteiger partial charge in [-0.3, -0.25) is 14.7 Å². The third kappa shape index (κ3) is 5.34. The van der Waals surface area contributed by atoms with Crippen molar-refractivity contribution in [3.63, 3.8) is 0 Å². The van der Waals surface area contributed by atoms with Gasteiger partial charge in [0.15, 0.2) is 5.54 Å². The van der Waals surface area contributed by atoms with Gasteiger partial charge in [0.05, 0.1) is 25.6 Å². The van der Waals surface area contributed by atoms with Crippen LogP contribution in [0.5, 0.6) is 5.75 Å². The molecule has 8 heteroatoms. The molecule has 0 aliphatic carbocycles. The first-order chi connectivity index (χ1) is 18.1. The molecule has 2 N–H and O–H groups in total. The summed E-state index contributed by atoms with van der Waals surface area (Å²) < 4.78 is 5.44. The first kappa shape index (κ1) is 25.3. The summed E-state index contributed by atoms with van der Waals surface area (Å²) in [4.78, 5) is 23.4. The Morgan fingerprint density at radius 2 is 1.76 bits per heavy atom. The SMILES string of the molecule is O=C(NCCN1CCOCC1)[C@]1(c2ccccc2)N=CN(Cc2ccccc2)[C@H]1c1ccc(Cl)cc1O. The smallest absolute Gasteiger partial charge is 0.255 e. The van der Waals surface area contributed by atoms with Crippen molar-refractivity contribution in [1.82, 2.24) is 15.1 Å². The molecule has 1 fully saturated rings. The summed E-state index contributed by atoms with van der Waals surface area (Å²) >= 11 is 6.19. The Kier molecular flexibility index (Phi) is 7.74. The highest BCUT2D eigenvalue weighted by Crippen LogP contribution is 2.49. The van der Waals surface area contributed by atoms with E-state index in [-0.39, 0.29) is 11.7 Å². The van der Waals surface area contributed by atoms with Crippen LogP contribution in [-0.2, 0) is 21.6 Å². The topological polar surface area (TPSA) is 77.4 Å². The van der Waals surface area contributed by atoms with Gasteiger partial charge in [0.25, 0.3) is 5.91 Å². The van der Waals surface area contributed by atoms with Crippen molar-refractivity contribution in [2.24, 2.45) is 4.99 Å². The number of nitrogens with one attached hydrogen (secondary N) is 1. The second-order valence-electron chi connectivity index (χ2n) is 9.35. The first-order valence-corrected chi connectivity index (χ1v) is 12.9. The maximum absolute atomic E-state index is 14.2. The minimum atomic E-state index is -1.30. The number of carbonyl (C=O) groups is 1. The van der Waals surface area contributed by atoms with Crippen LogP contribution >= 0.6 is 11.6 Å². The fourth-order valence-electron chi connectivity index (χ4n) is 5.15. The van der Waals surface area contributed by atoms with E-state index in [0.717, 1.165) is 30.8 Å². The van der Waals surface area contributed by atoms with Crippen LogP contribution in [0.4, 0.5) is 0 Å². The molecule has 0 saturated carbocycles. The molecule has 7 nitrogen and oxygen atoms in total. The van der Waals surface area contributed by atoms with Crippen LogP contribution in [0.3, 0.4) is 0 Å². The van der Waals surface area contributed by atoms with Crippen molar-refractivity contribution < 1.29 is 14.6 Å². The number of hydrogen-bond donors (Lipinski definition) is 2. The van der Waals surface area contributed by atoms with Gasteiger partial charge in [-0.1, -0.05) is 78.3 Å². The highest BCUT2D eigenvalue weighted by atomic mass is 35.5. The number of aromatic hydroxyl groups is 1. The van der Waals surface area contributed by atoms with E-state index in [0.29, 0.717) is 36.9 Å². The summed E-state index contributed by atoms with van der Waals surface area (Å²) in [6, 6.07) is 24.1. The van der Waals surface area contributed by atoms with Crippen molar-refractivity contribution in [3.05, 3.63) is 101 Å². The molecule has 1 amide bonds. The zero-order valence-electron chi connectivity index (χ0n) is 20.6. The Balaban J connectivity index is 1.52. The van der Waals surface area contributed by atoms with Gasteiger partial charge in [-0.2, -0.15) is 0 Å². The van der Waals surface area contributed by atoms with Gasteiger partial charge in [-0.15, -0.1) is 0 Å². The molecule has 37 heavy (non-hydrogen) atoms. The average Bonchev–Trinajstić information content (AvgIpc) is 3.30. The van der Waals surface area contributed by atoms with Crippen LogP contribution in [0.15, 0.2) is 83.9 Å². The number of ether oxygens (including phenoxy) is 1. The van der Waals surface area contributed by atoms with Crippen LogP contribution in [0, 0.1) is 0 Å². The zero-order chi connectivity index (χ0) is 25.7. The highest BCUT2D eigenvalue weighted by molar-refractivity contribution is 6.30. The van der Waals surface area contributed by atoms with Crippen molar-refractivity contribution in [3.8, 4) is 5.75 Å². The lowest BCUT2D eigenvalue weighted by atomic mass is 9.78. The molecular weight excluding hydrogens is 488 g/mol. The number of benzene rings is 3. The Hall–Kier alpha value is -3.39. The Morgan fingerprint density at radius 1 is 1.05 bits per heavy atom. The van der Waals surface area contributed by atoms with Gasteiger partial charge >= 0.3 is 0 Å². The number of aliphatic imine (C=N–C) groups is 1. The number of phenolic OH excluding ortho intramolecular Hbond substituents is 1. The van der Waals surface area contributed by atoms with Crippen molar-refractivity contribution in [2.45, 2.75) is 18.1 Å². The number of phenols is 1. The van der Waals surface area contributed by atoms with E-state index in [1.807, 2.05) is 65.6 Å². The van der Waals surface area contributed by atoms with Crippen LogP contribution in [-0.4, -0.2) is 66.5 Å².